The first kappa shape index (κ1) is 13.2. The lowest BCUT2D eigenvalue weighted by atomic mass is 9.78. The maximum absolute atomic E-state index is 12.9. The van der Waals surface area contributed by atoms with E-state index in [1.165, 1.54) is 24.3 Å². The van der Waals surface area contributed by atoms with Crippen molar-refractivity contribution in [3.63, 3.8) is 0 Å². The lowest BCUT2D eigenvalue weighted by molar-refractivity contribution is -0.143. The Morgan fingerprint density at radius 2 is 1.95 bits per heavy atom. The molecule has 0 saturated carbocycles. The number of carbonyl (C=O) groups is 1. The van der Waals surface area contributed by atoms with Crippen molar-refractivity contribution in [1.82, 2.24) is 4.98 Å². The van der Waals surface area contributed by atoms with E-state index in [0.29, 0.717) is 11.3 Å². The fraction of sp³-hybridized carbons (Fsp3) is 0.200. The van der Waals surface area contributed by atoms with Gasteiger partial charge in [-0.25, -0.2) is 4.39 Å². The number of nitrogens with zero attached hydrogens (tertiary/aromatic N) is 1. The SMILES string of the molecule is CC(Cc1ccccn1)(C(=O)O)c1ccc(F)cc1. The number of aromatic nitrogens is 1. The van der Waals surface area contributed by atoms with E-state index in [9.17, 15) is 14.3 Å². The van der Waals surface area contributed by atoms with E-state index in [1.807, 2.05) is 6.07 Å². The van der Waals surface area contributed by atoms with E-state index in [0.717, 1.165) is 0 Å². The number of aliphatic carboxylic acids is 1. The first-order valence-electron chi connectivity index (χ1n) is 5.92. The van der Waals surface area contributed by atoms with Crippen LogP contribution in [0.5, 0.6) is 0 Å². The van der Waals surface area contributed by atoms with E-state index < -0.39 is 11.4 Å². The summed E-state index contributed by atoms with van der Waals surface area (Å²) in [4.78, 5) is 15.7. The van der Waals surface area contributed by atoms with Crippen LogP contribution in [0.4, 0.5) is 4.39 Å². The van der Waals surface area contributed by atoms with E-state index in [4.69, 9.17) is 0 Å². The molecule has 4 heteroatoms. The third-order valence-electron chi connectivity index (χ3n) is 3.21. The zero-order chi connectivity index (χ0) is 13.9. The van der Waals surface area contributed by atoms with Crippen molar-refractivity contribution in [2.24, 2.45) is 0 Å². The highest BCUT2D eigenvalue weighted by Gasteiger charge is 2.35. The smallest absolute Gasteiger partial charge is 0.314 e. The highest BCUT2D eigenvalue weighted by molar-refractivity contribution is 5.81. The highest BCUT2D eigenvalue weighted by atomic mass is 19.1. The molecule has 2 rings (SSSR count). The predicted octanol–water partition coefficient (Wildman–Crippen LogP) is 2.81. The first-order valence-corrected chi connectivity index (χ1v) is 5.92. The average molecular weight is 259 g/mol. The Kier molecular flexibility index (Phi) is 3.60. The largest absolute Gasteiger partial charge is 0.481 e. The van der Waals surface area contributed by atoms with Crippen molar-refractivity contribution in [3.05, 3.63) is 65.7 Å². The maximum atomic E-state index is 12.9. The minimum atomic E-state index is -1.12. The van der Waals surface area contributed by atoms with Gasteiger partial charge in [0.25, 0.3) is 0 Å². The van der Waals surface area contributed by atoms with Crippen molar-refractivity contribution in [2.45, 2.75) is 18.8 Å². The second-order valence-corrected chi connectivity index (χ2v) is 4.64. The second kappa shape index (κ2) is 5.18. The molecule has 1 N–H and O–H groups in total. The normalized spacial score (nSPS) is 13.8. The monoisotopic (exact) mass is 259 g/mol. The van der Waals surface area contributed by atoms with Crippen LogP contribution in [-0.2, 0) is 16.6 Å². The van der Waals surface area contributed by atoms with Crippen LogP contribution in [0.2, 0.25) is 0 Å². The summed E-state index contributed by atoms with van der Waals surface area (Å²) in [6, 6.07) is 10.9. The van der Waals surface area contributed by atoms with Gasteiger partial charge in [-0.2, -0.15) is 0 Å². The summed E-state index contributed by atoms with van der Waals surface area (Å²) in [5, 5.41) is 9.50. The Morgan fingerprint density at radius 3 is 2.47 bits per heavy atom. The number of benzene rings is 1. The summed E-state index contributed by atoms with van der Waals surface area (Å²) in [7, 11) is 0. The van der Waals surface area contributed by atoms with Crippen LogP contribution in [-0.4, -0.2) is 16.1 Å². The highest BCUT2D eigenvalue weighted by Crippen LogP contribution is 2.28. The molecule has 1 atom stereocenters. The molecular formula is C15H14FNO2. The molecule has 98 valence electrons. The van der Waals surface area contributed by atoms with Crippen molar-refractivity contribution >= 4 is 5.97 Å². The fourth-order valence-corrected chi connectivity index (χ4v) is 1.98. The Labute approximate surface area is 110 Å². The van der Waals surface area contributed by atoms with Crippen LogP contribution in [0.3, 0.4) is 0 Å². The van der Waals surface area contributed by atoms with Gasteiger partial charge in [-0.05, 0) is 36.8 Å². The Bertz CT molecular complexity index is 568. The minimum Gasteiger partial charge on any atom is -0.481 e. The molecule has 0 amide bonds. The number of carboxylic acid groups (broad SMARTS) is 1. The first-order chi connectivity index (χ1) is 9.02. The summed E-state index contributed by atoms with van der Waals surface area (Å²) in [6.45, 7) is 1.62. The summed E-state index contributed by atoms with van der Waals surface area (Å²) in [5.41, 5.74) is 0.131. The zero-order valence-corrected chi connectivity index (χ0v) is 10.5. The van der Waals surface area contributed by atoms with Crippen molar-refractivity contribution in [3.8, 4) is 0 Å². The molecule has 0 radical (unpaired) electrons. The number of hydrogen-bond acceptors (Lipinski definition) is 2. The maximum Gasteiger partial charge on any atom is 0.314 e. The van der Waals surface area contributed by atoms with Crippen LogP contribution < -0.4 is 0 Å². The molecular weight excluding hydrogens is 245 g/mol. The lowest BCUT2D eigenvalue weighted by Gasteiger charge is -2.25. The average Bonchev–Trinajstić information content (AvgIpc) is 2.40. The van der Waals surface area contributed by atoms with Gasteiger partial charge in [0.1, 0.15) is 5.82 Å². The third kappa shape index (κ3) is 2.78. The number of carboxylic acids is 1. The molecule has 2 aromatic rings. The molecule has 19 heavy (non-hydrogen) atoms. The summed E-state index contributed by atoms with van der Waals surface area (Å²) in [6.07, 6.45) is 1.89. The van der Waals surface area contributed by atoms with Gasteiger partial charge in [0.05, 0.1) is 5.41 Å². The van der Waals surface area contributed by atoms with Gasteiger partial charge in [-0.15, -0.1) is 0 Å². The van der Waals surface area contributed by atoms with E-state index in [-0.39, 0.29) is 12.2 Å². The van der Waals surface area contributed by atoms with Gasteiger partial charge in [0.15, 0.2) is 0 Å². The standard InChI is InChI=1S/C15H14FNO2/c1-15(14(18)19,10-13-4-2-3-9-17-13)11-5-7-12(16)8-6-11/h2-9H,10H2,1H3,(H,18,19). The van der Waals surface area contributed by atoms with E-state index in [2.05, 4.69) is 4.98 Å². The van der Waals surface area contributed by atoms with Crippen LogP contribution in [0.1, 0.15) is 18.2 Å². The van der Waals surface area contributed by atoms with Gasteiger partial charge >= 0.3 is 5.97 Å². The van der Waals surface area contributed by atoms with E-state index >= 15 is 0 Å². The summed E-state index contributed by atoms with van der Waals surface area (Å²) in [5.74, 6) is -1.33. The third-order valence-corrected chi connectivity index (χ3v) is 3.21. The molecule has 0 aliphatic carbocycles. The zero-order valence-electron chi connectivity index (χ0n) is 10.5. The fourth-order valence-electron chi connectivity index (χ4n) is 1.98. The van der Waals surface area contributed by atoms with Gasteiger partial charge in [-0.1, -0.05) is 18.2 Å². The molecule has 0 aliphatic heterocycles. The molecule has 3 nitrogen and oxygen atoms in total. The molecule has 0 fully saturated rings. The number of halogens is 1. The topological polar surface area (TPSA) is 50.2 Å². The quantitative estimate of drug-likeness (QED) is 0.918. The lowest BCUT2D eigenvalue weighted by Crippen LogP contribution is -2.35. The predicted molar refractivity (Wildman–Crippen MR) is 69.3 cm³/mol. The summed E-state index contributed by atoms with van der Waals surface area (Å²) < 4.78 is 12.9. The van der Waals surface area contributed by atoms with Crippen molar-refractivity contribution in [2.75, 3.05) is 0 Å². The second-order valence-electron chi connectivity index (χ2n) is 4.64. The van der Waals surface area contributed by atoms with Gasteiger partial charge < -0.3 is 5.11 Å². The van der Waals surface area contributed by atoms with Gasteiger partial charge in [0.2, 0.25) is 0 Å². The summed E-state index contributed by atoms with van der Waals surface area (Å²) >= 11 is 0. The molecule has 0 aliphatic rings. The Balaban J connectivity index is 2.38. The molecule has 0 saturated heterocycles. The number of hydrogen-bond donors (Lipinski definition) is 1. The van der Waals surface area contributed by atoms with Gasteiger partial charge in [-0.3, -0.25) is 9.78 Å². The van der Waals surface area contributed by atoms with Crippen molar-refractivity contribution < 1.29 is 14.3 Å². The number of pyridine rings is 1. The van der Waals surface area contributed by atoms with E-state index in [1.54, 1.807) is 25.3 Å². The Morgan fingerprint density at radius 1 is 1.26 bits per heavy atom. The van der Waals surface area contributed by atoms with Crippen LogP contribution >= 0.6 is 0 Å². The number of rotatable bonds is 4. The Hall–Kier alpha value is -2.23. The van der Waals surface area contributed by atoms with Gasteiger partial charge in [0, 0.05) is 18.3 Å². The van der Waals surface area contributed by atoms with Crippen LogP contribution in [0.15, 0.2) is 48.7 Å². The molecule has 0 spiro atoms. The van der Waals surface area contributed by atoms with Crippen LogP contribution in [0.25, 0.3) is 0 Å². The molecule has 1 unspecified atom stereocenters. The van der Waals surface area contributed by atoms with Crippen molar-refractivity contribution in [1.29, 1.82) is 0 Å². The molecule has 1 aromatic carbocycles. The molecule has 1 aromatic heterocycles. The molecule has 0 bridgehead atoms. The molecule has 1 heterocycles. The minimum absolute atomic E-state index is 0.259. The van der Waals surface area contributed by atoms with Crippen LogP contribution in [0, 0.1) is 5.82 Å².